The van der Waals surface area contributed by atoms with Gasteiger partial charge in [0.25, 0.3) is 0 Å². The van der Waals surface area contributed by atoms with Crippen molar-refractivity contribution >= 4 is 29.5 Å². The summed E-state index contributed by atoms with van der Waals surface area (Å²) in [6, 6.07) is -1.37. The minimum Gasteiger partial charge on any atom is -0.368 e. The maximum Gasteiger partial charge on any atom is 0.243 e. The normalized spacial score (nSPS) is 13.6. The first-order chi connectivity index (χ1) is 7.88. The van der Waals surface area contributed by atoms with Crippen molar-refractivity contribution in [2.75, 3.05) is 12.0 Å². The second kappa shape index (κ2) is 7.94. The lowest BCUT2D eigenvalue weighted by Gasteiger charge is -2.19. The van der Waals surface area contributed by atoms with Crippen molar-refractivity contribution in [2.45, 2.75) is 32.4 Å². The van der Waals surface area contributed by atoms with E-state index in [2.05, 4.69) is 10.6 Å². The SMILES string of the molecule is CSCC[C@@H](NC(C)=O)C(=O)N[C@@H](C)C(N)=O. The smallest absolute Gasteiger partial charge is 0.243 e. The van der Waals surface area contributed by atoms with Gasteiger partial charge < -0.3 is 16.4 Å². The van der Waals surface area contributed by atoms with Gasteiger partial charge in [-0.2, -0.15) is 11.8 Å². The largest absolute Gasteiger partial charge is 0.368 e. The monoisotopic (exact) mass is 261 g/mol. The van der Waals surface area contributed by atoms with E-state index in [-0.39, 0.29) is 11.8 Å². The number of nitrogens with two attached hydrogens (primary N) is 1. The third kappa shape index (κ3) is 6.83. The zero-order chi connectivity index (χ0) is 13.4. The standard InChI is InChI=1S/C10H19N3O3S/c1-6(9(11)15)12-10(16)8(4-5-17-3)13-7(2)14/h6,8H,4-5H2,1-3H3,(H2,11,15)(H,12,16)(H,13,14)/t6-,8+/m0/s1. The molecule has 4 N–H and O–H groups in total. The molecule has 0 aromatic heterocycles. The van der Waals surface area contributed by atoms with Crippen LogP contribution in [0.5, 0.6) is 0 Å². The topological polar surface area (TPSA) is 101 Å². The van der Waals surface area contributed by atoms with Gasteiger partial charge in [-0.05, 0) is 25.4 Å². The lowest BCUT2D eigenvalue weighted by molar-refractivity contribution is -0.130. The molecule has 0 heterocycles. The molecule has 0 bridgehead atoms. The molecule has 17 heavy (non-hydrogen) atoms. The Morgan fingerprint density at radius 3 is 2.29 bits per heavy atom. The van der Waals surface area contributed by atoms with Crippen LogP contribution in [0.1, 0.15) is 20.3 Å². The summed E-state index contributed by atoms with van der Waals surface area (Å²) in [5.74, 6) is -0.535. The van der Waals surface area contributed by atoms with E-state index in [0.29, 0.717) is 6.42 Å². The van der Waals surface area contributed by atoms with Gasteiger partial charge in [0.15, 0.2) is 0 Å². The van der Waals surface area contributed by atoms with Crippen LogP contribution >= 0.6 is 11.8 Å². The van der Waals surface area contributed by atoms with E-state index >= 15 is 0 Å². The summed E-state index contributed by atoms with van der Waals surface area (Å²) in [4.78, 5) is 33.5. The maximum atomic E-state index is 11.8. The van der Waals surface area contributed by atoms with E-state index in [4.69, 9.17) is 5.73 Å². The molecule has 0 aliphatic rings. The molecule has 7 heteroatoms. The van der Waals surface area contributed by atoms with Crippen molar-refractivity contribution in [1.82, 2.24) is 10.6 Å². The highest BCUT2D eigenvalue weighted by atomic mass is 32.2. The zero-order valence-electron chi connectivity index (χ0n) is 10.3. The lowest BCUT2D eigenvalue weighted by Crippen LogP contribution is -2.51. The number of primary amides is 1. The Hall–Kier alpha value is -1.24. The van der Waals surface area contributed by atoms with E-state index in [1.54, 1.807) is 11.8 Å². The molecule has 0 rings (SSSR count). The molecule has 0 aliphatic carbocycles. The number of nitrogens with one attached hydrogen (secondary N) is 2. The van der Waals surface area contributed by atoms with E-state index in [0.717, 1.165) is 5.75 Å². The van der Waals surface area contributed by atoms with E-state index in [1.807, 2.05) is 6.26 Å². The Morgan fingerprint density at radius 1 is 1.29 bits per heavy atom. The Labute approximate surface area is 105 Å². The van der Waals surface area contributed by atoms with Gasteiger partial charge in [0.05, 0.1) is 0 Å². The first-order valence-electron chi connectivity index (χ1n) is 5.24. The van der Waals surface area contributed by atoms with Crippen LogP contribution in [-0.4, -0.2) is 41.8 Å². The second-order valence-electron chi connectivity index (χ2n) is 3.67. The highest BCUT2D eigenvalue weighted by Crippen LogP contribution is 2.01. The van der Waals surface area contributed by atoms with E-state index in [1.165, 1.54) is 13.8 Å². The van der Waals surface area contributed by atoms with Crippen molar-refractivity contribution in [3.8, 4) is 0 Å². The average Bonchev–Trinajstić information content (AvgIpc) is 2.23. The Kier molecular flexibility index (Phi) is 7.36. The molecule has 98 valence electrons. The summed E-state index contributed by atoms with van der Waals surface area (Å²) < 4.78 is 0. The van der Waals surface area contributed by atoms with Gasteiger partial charge in [-0.15, -0.1) is 0 Å². The number of carbonyl (C=O) groups excluding carboxylic acids is 3. The fourth-order valence-corrected chi connectivity index (χ4v) is 1.61. The minimum atomic E-state index is -0.743. The number of amides is 3. The van der Waals surface area contributed by atoms with Crippen molar-refractivity contribution in [3.63, 3.8) is 0 Å². The van der Waals surface area contributed by atoms with E-state index in [9.17, 15) is 14.4 Å². The maximum absolute atomic E-state index is 11.8. The van der Waals surface area contributed by atoms with Crippen LogP contribution in [0.4, 0.5) is 0 Å². The molecule has 0 aromatic rings. The molecule has 2 atom stereocenters. The highest BCUT2D eigenvalue weighted by molar-refractivity contribution is 7.98. The van der Waals surface area contributed by atoms with Gasteiger partial charge in [0.2, 0.25) is 17.7 Å². The van der Waals surface area contributed by atoms with Crippen LogP contribution in [-0.2, 0) is 14.4 Å². The van der Waals surface area contributed by atoms with E-state index < -0.39 is 18.0 Å². The first kappa shape index (κ1) is 15.8. The fourth-order valence-electron chi connectivity index (χ4n) is 1.13. The van der Waals surface area contributed by atoms with Crippen molar-refractivity contribution in [1.29, 1.82) is 0 Å². The molecule has 0 aromatic carbocycles. The third-order valence-corrected chi connectivity index (χ3v) is 2.73. The van der Waals surface area contributed by atoms with Crippen LogP contribution in [0.2, 0.25) is 0 Å². The number of hydrogen-bond donors (Lipinski definition) is 3. The molecule has 0 unspecified atom stereocenters. The van der Waals surface area contributed by atoms with Gasteiger partial charge in [0.1, 0.15) is 12.1 Å². The summed E-state index contributed by atoms with van der Waals surface area (Å²) in [6.45, 7) is 2.84. The second-order valence-corrected chi connectivity index (χ2v) is 4.65. The summed E-state index contributed by atoms with van der Waals surface area (Å²) in [5, 5.41) is 5.00. The fraction of sp³-hybridized carbons (Fsp3) is 0.700. The van der Waals surface area contributed by atoms with Crippen LogP contribution in [0.25, 0.3) is 0 Å². The Bertz CT molecular complexity index is 297. The molecule has 0 saturated heterocycles. The quantitative estimate of drug-likeness (QED) is 0.560. The molecule has 0 radical (unpaired) electrons. The molecule has 6 nitrogen and oxygen atoms in total. The molecular formula is C10H19N3O3S. The van der Waals surface area contributed by atoms with Crippen molar-refractivity contribution in [3.05, 3.63) is 0 Å². The lowest BCUT2D eigenvalue weighted by atomic mass is 10.2. The summed E-state index contributed by atoms with van der Waals surface area (Å²) in [6.07, 6.45) is 2.42. The predicted octanol–water partition coefficient (Wildman–Crippen LogP) is -0.766. The molecule has 0 aliphatic heterocycles. The Balaban J connectivity index is 4.40. The number of thioether (sulfide) groups is 1. The van der Waals surface area contributed by atoms with Crippen molar-refractivity contribution in [2.24, 2.45) is 5.73 Å². The first-order valence-corrected chi connectivity index (χ1v) is 6.63. The number of carbonyl (C=O) groups is 3. The molecular weight excluding hydrogens is 242 g/mol. The van der Waals surface area contributed by atoms with Crippen LogP contribution in [0.15, 0.2) is 0 Å². The van der Waals surface area contributed by atoms with Gasteiger partial charge in [-0.1, -0.05) is 0 Å². The molecule has 0 saturated carbocycles. The Morgan fingerprint density at radius 2 is 1.88 bits per heavy atom. The number of rotatable bonds is 7. The summed E-state index contributed by atoms with van der Waals surface area (Å²) in [7, 11) is 0. The van der Waals surface area contributed by atoms with Gasteiger partial charge in [-0.3, -0.25) is 14.4 Å². The summed E-state index contributed by atoms with van der Waals surface area (Å²) in [5.41, 5.74) is 5.04. The average molecular weight is 261 g/mol. The van der Waals surface area contributed by atoms with Crippen LogP contribution < -0.4 is 16.4 Å². The van der Waals surface area contributed by atoms with Gasteiger partial charge in [-0.25, -0.2) is 0 Å². The predicted molar refractivity (Wildman–Crippen MR) is 67.4 cm³/mol. The molecule has 3 amide bonds. The zero-order valence-corrected chi connectivity index (χ0v) is 11.1. The summed E-state index contributed by atoms with van der Waals surface area (Å²) >= 11 is 1.58. The minimum absolute atomic E-state index is 0.280. The molecule has 0 spiro atoms. The number of hydrogen-bond acceptors (Lipinski definition) is 4. The van der Waals surface area contributed by atoms with Crippen LogP contribution in [0, 0.1) is 0 Å². The van der Waals surface area contributed by atoms with Gasteiger partial charge in [0, 0.05) is 6.92 Å². The third-order valence-electron chi connectivity index (χ3n) is 2.09. The van der Waals surface area contributed by atoms with Gasteiger partial charge >= 0.3 is 0 Å². The molecule has 0 fully saturated rings. The highest BCUT2D eigenvalue weighted by Gasteiger charge is 2.21. The van der Waals surface area contributed by atoms with Crippen LogP contribution in [0.3, 0.4) is 0 Å². The van der Waals surface area contributed by atoms with Crippen molar-refractivity contribution < 1.29 is 14.4 Å².